The molecule has 1 atom stereocenters. The molecule has 0 fully saturated rings. The van der Waals surface area contributed by atoms with Crippen molar-refractivity contribution in [1.82, 2.24) is 9.88 Å². The maximum Gasteiger partial charge on any atom is 0.224 e. The number of aryl methyl sites for hydroxylation is 1. The molecule has 0 saturated carbocycles. The molecule has 5 nitrogen and oxygen atoms in total. The molecule has 5 heteroatoms. The van der Waals surface area contributed by atoms with E-state index in [9.17, 15) is 9.90 Å². The number of nitrogens with zero attached hydrogens (tertiary/aromatic N) is 2. The molecule has 1 aromatic carbocycles. The Balaban J connectivity index is 1.79. The van der Waals surface area contributed by atoms with Crippen molar-refractivity contribution in [2.45, 2.75) is 32.4 Å². The highest BCUT2D eigenvalue weighted by molar-refractivity contribution is 5.95. The van der Waals surface area contributed by atoms with E-state index >= 15 is 0 Å². The summed E-state index contributed by atoms with van der Waals surface area (Å²) >= 11 is 0. The summed E-state index contributed by atoms with van der Waals surface area (Å²) < 4.78 is 0. The molecule has 3 heterocycles. The molecule has 2 aliphatic heterocycles. The summed E-state index contributed by atoms with van der Waals surface area (Å²) in [6.07, 6.45) is 7.09. The number of aromatic nitrogens is 1. The van der Waals surface area contributed by atoms with Crippen molar-refractivity contribution in [2.24, 2.45) is 0 Å². The molecule has 0 spiro atoms. The largest absolute Gasteiger partial charge is 0.370 e. The van der Waals surface area contributed by atoms with Gasteiger partial charge in [-0.05, 0) is 71.5 Å². The van der Waals surface area contributed by atoms with Crippen LogP contribution in [0.4, 0.5) is 5.69 Å². The number of aliphatic hydroxyl groups is 1. The summed E-state index contributed by atoms with van der Waals surface area (Å²) in [4.78, 5) is 18.2. The van der Waals surface area contributed by atoms with Gasteiger partial charge in [0.2, 0.25) is 5.91 Å². The van der Waals surface area contributed by atoms with Crippen LogP contribution < -0.4 is 5.32 Å². The van der Waals surface area contributed by atoms with Crippen LogP contribution in [0.25, 0.3) is 5.57 Å². The molecule has 2 aromatic rings. The Hall–Kier alpha value is -2.92. The fourth-order valence-corrected chi connectivity index (χ4v) is 3.71. The SMILES string of the molecule is CC1=CC(c2cc3c(c(Cc4ccccn4)c2)NC(=O)CC3)=CN(C)C1O. The van der Waals surface area contributed by atoms with Crippen molar-refractivity contribution in [3.05, 3.63) is 76.8 Å². The highest BCUT2D eigenvalue weighted by atomic mass is 16.3. The number of fused-ring (bicyclic) bond motifs is 1. The predicted molar refractivity (Wildman–Crippen MR) is 106 cm³/mol. The molecule has 0 bridgehead atoms. The Morgan fingerprint density at radius 3 is 2.89 bits per heavy atom. The van der Waals surface area contributed by atoms with E-state index in [1.807, 2.05) is 49.3 Å². The highest BCUT2D eigenvalue weighted by Gasteiger charge is 2.22. The van der Waals surface area contributed by atoms with Gasteiger partial charge in [-0.1, -0.05) is 6.07 Å². The molecule has 1 aromatic heterocycles. The maximum absolute atomic E-state index is 12.0. The third kappa shape index (κ3) is 3.51. The smallest absolute Gasteiger partial charge is 0.224 e. The second-order valence-electron chi connectivity index (χ2n) is 7.23. The molecular formula is C22H23N3O2. The monoisotopic (exact) mass is 361 g/mol. The average molecular weight is 361 g/mol. The van der Waals surface area contributed by atoms with Gasteiger partial charge >= 0.3 is 0 Å². The molecule has 0 radical (unpaired) electrons. The van der Waals surface area contributed by atoms with Crippen molar-refractivity contribution in [2.75, 3.05) is 12.4 Å². The lowest BCUT2D eigenvalue weighted by atomic mass is 9.90. The highest BCUT2D eigenvalue weighted by Crippen LogP contribution is 2.34. The third-order valence-electron chi connectivity index (χ3n) is 5.14. The van der Waals surface area contributed by atoms with Gasteiger partial charge in [0.25, 0.3) is 0 Å². The van der Waals surface area contributed by atoms with Crippen LogP contribution in [-0.2, 0) is 17.6 Å². The zero-order chi connectivity index (χ0) is 19.0. The lowest BCUT2D eigenvalue weighted by molar-refractivity contribution is -0.116. The Morgan fingerprint density at radius 1 is 1.30 bits per heavy atom. The topological polar surface area (TPSA) is 65.5 Å². The molecule has 1 unspecified atom stereocenters. The maximum atomic E-state index is 12.0. The molecule has 2 aliphatic rings. The summed E-state index contributed by atoms with van der Waals surface area (Å²) in [5.74, 6) is 0.0630. The Bertz CT molecular complexity index is 948. The fraction of sp³-hybridized carbons (Fsp3) is 0.273. The number of benzene rings is 1. The van der Waals surface area contributed by atoms with Crippen LogP contribution in [0.15, 0.2) is 54.4 Å². The van der Waals surface area contributed by atoms with E-state index in [2.05, 4.69) is 22.4 Å². The number of rotatable bonds is 3. The van der Waals surface area contributed by atoms with Gasteiger partial charge in [0.05, 0.1) is 0 Å². The molecule has 2 N–H and O–H groups in total. The molecule has 0 aliphatic carbocycles. The molecular weight excluding hydrogens is 338 g/mol. The molecule has 0 saturated heterocycles. The van der Waals surface area contributed by atoms with Crippen LogP contribution in [0.1, 0.15) is 35.7 Å². The first-order valence-corrected chi connectivity index (χ1v) is 9.17. The average Bonchev–Trinajstić information content (AvgIpc) is 2.66. The van der Waals surface area contributed by atoms with E-state index in [1.165, 1.54) is 0 Å². The van der Waals surface area contributed by atoms with Gasteiger partial charge in [-0.2, -0.15) is 0 Å². The van der Waals surface area contributed by atoms with Gasteiger partial charge in [0, 0.05) is 43.7 Å². The van der Waals surface area contributed by atoms with Crippen molar-refractivity contribution < 1.29 is 9.90 Å². The second kappa shape index (κ2) is 7.00. The van der Waals surface area contributed by atoms with Crippen LogP contribution in [0.2, 0.25) is 0 Å². The number of hydrogen-bond donors (Lipinski definition) is 2. The van der Waals surface area contributed by atoms with Crippen LogP contribution in [0.3, 0.4) is 0 Å². The lowest BCUT2D eigenvalue weighted by Crippen LogP contribution is -2.30. The molecule has 1 amide bonds. The Kier molecular flexibility index (Phi) is 4.54. The number of allylic oxidation sites excluding steroid dienone is 2. The number of amides is 1. The standard InChI is InChI=1S/C22H23N3O2/c1-14-9-18(13-25(2)22(14)27)16-10-15-6-7-20(26)24-21(15)17(11-16)12-19-5-3-4-8-23-19/h3-5,8-11,13,22,27H,6-7,12H2,1-2H3,(H,24,26). The van der Waals surface area contributed by atoms with Crippen molar-refractivity contribution in [3.63, 3.8) is 0 Å². The number of carbonyl (C=O) groups is 1. The van der Waals surface area contributed by atoms with Crippen molar-refractivity contribution in [3.8, 4) is 0 Å². The van der Waals surface area contributed by atoms with Crippen LogP contribution >= 0.6 is 0 Å². The Morgan fingerprint density at radius 2 is 2.15 bits per heavy atom. The van der Waals surface area contributed by atoms with E-state index < -0.39 is 6.23 Å². The third-order valence-corrected chi connectivity index (χ3v) is 5.14. The fourth-order valence-electron chi connectivity index (χ4n) is 3.71. The van der Waals surface area contributed by atoms with Gasteiger partial charge < -0.3 is 15.3 Å². The summed E-state index contributed by atoms with van der Waals surface area (Å²) in [5, 5.41) is 13.2. The van der Waals surface area contributed by atoms with Crippen molar-refractivity contribution in [1.29, 1.82) is 0 Å². The first-order valence-electron chi connectivity index (χ1n) is 9.17. The number of carbonyl (C=O) groups excluding carboxylic acids is 1. The minimum absolute atomic E-state index is 0.0630. The van der Waals surface area contributed by atoms with Crippen LogP contribution in [0.5, 0.6) is 0 Å². The van der Waals surface area contributed by atoms with E-state index in [4.69, 9.17) is 0 Å². The molecule has 138 valence electrons. The van der Waals surface area contributed by atoms with Gasteiger partial charge in [0.15, 0.2) is 0 Å². The van der Waals surface area contributed by atoms with Crippen LogP contribution in [0, 0.1) is 0 Å². The first-order chi connectivity index (χ1) is 13.0. The van der Waals surface area contributed by atoms with Gasteiger partial charge in [-0.3, -0.25) is 9.78 Å². The summed E-state index contributed by atoms with van der Waals surface area (Å²) in [7, 11) is 1.87. The number of hydrogen-bond acceptors (Lipinski definition) is 4. The number of anilines is 1. The number of nitrogens with one attached hydrogen (secondary N) is 1. The summed E-state index contributed by atoms with van der Waals surface area (Å²) in [6.45, 7) is 1.93. The van der Waals surface area contributed by atoms with Gasteiger partial charge in [-0.15, -0.1) is 0 Å². The minimum Gasteiger partial charge on any atom is -0.370 e. The quantitative estimate of drug-likeness (QED) is 0.882. The second-order valence-corrected chi connectivity index (χ2v) is 7.23. The first kappa shape index (κ1) is 17.5. The molecule has 27 heavy (non-hydrogen) atoms. The van der Waals surface area contributed by atoms with E-state index in [0.29, 0.717) is 12.8 Å². The number of likely N-dealkylation sites (N-methyl/N-ethyl adjacent to an activating group) is 1. The van der Waals surface area contributed by atoms with E-state index in [0.717, 1.165) is 45.6 Å². The summed E-state index contributed by atoms with van der Waals surface area (Å²) in [5.41, 5.74) is 7.16. The van der Waals surface area contributed by atoms with Gasteiger partial charge in [0.1, 0.15) is 6.23 Å². The zero-order valence-electron chi connectivity index (χ0n) is 15.6. The number of pyridine rings is 1. The van der Waals surface area contributed by atoms with E-state index in [-0.39, 0.29) is 5.91 Å². The normalized spacial score (nSPS) is 19.1. The van der Waals surface area contributed by atoms with Crippen LogP contribution in [-0.4, -0.2) is 34.2 Å². The lowest BCUT2D eigenvalue weighted by Gasteiger charge is -2.29. The summed E-state index contributed by atoms with van der Waals surface area (Å²) in [6, 6.07) is 10.2. The number of aliphatic hydroxyl groups excluding tert-OH is 1. The van der Waals surface area contributed by atoms with Gasteiger partial charge in [-0.25, -0.2) is 0 Å². The van der Waals surface area contributed by atoms with E-state index in [1.54, 1.807) is 6.20 Å². The Labute approximate surface area is 159 Å². The van der Waals surface area contributed by atoms with Crippen molar-refractivity contribution >= 4 is 17.2 Å². The predicted octanol–water partition coefficient (Wildman–Crippen LogP) is 3.11. The molecule has 4 rings (SSSR count). The minimum atomic E-state index is -0.585. The zero-order valence-corrected chi connectivity index (χ0v) is 15.6.